The highest BCUT2D eigenvalue weighted by atomic mass is 32.2. The summed E-state index contributed by atoms with van der Waals surface area (Å²) in [5.74, 6) is 0. The first-order valence-corrected chi connectivity index (χ1v) is 5.10. The summed E-state index contributed by atoms with van der Waals surface area (Å²) in [5.41, 5.74) is 0. The molecule has 1 atom stereocenters. The zero-order chi connectivity index (χ0) is 8.69. The van der Waals surface area contributed by atoms with E-state index in [2.05, 4.69) is 4.98 Å². The topological polar surface area (TPSA) is 30.0 Å². The summed E-state index contributed by atoms with van der Waals surface area (Å²) >= 11 is 0. The van der Waals surface area contributed by atoms with Crippen LogP contribution in [0, 0.1) is 0 Å². The van der Waals surface area contributed by atoms with Gasteiger partial charge in [-0.2, -0.15) is 0 Å². The van der Waals surface area contributed by atoms with Crippen LogP contribution >= 0.6 is 0 Å². The quantitative estimate of drug-likeness (QED) is 0.645. The molecule has 0 aliphatic carbocycles. The van der Waals surface area contributed by atoms with Gasteiger partial charge in [-0.05, 0) is 12.1 Å². The summed E-state index contributed by atoms with van der Waals surface area (Å²) in [7, 11) is -0.891. The maximum Gasteiger partial charge on any atom is 0.0568 e. The van der Waals surface area contributed by atoms with E-state index in [9.17, 15) is 4.21 Å². The van der Waals surface area contributed by atoms with E-state index in [1.165, 1.54) is 0 Å². The fourth-order valence-corrected chi connectivity index (χ4v) is 0.997. The number of pyridine rings is 1. The van der Waals surface area contributed by atoms with Crippen molar-refractivity contribution in [2.24, 2.45) is 0 Å². The molecule has 0 spiro atoms. The van der Waals surface area contributed by atoms with Gasteiger partial charge in [-0.3, -0.25) is 9.19 Å². The van der Waals surface area contributed by atoms with Gasteiger partial charge in [-0.15, -0.1) is 0 Å². The molecule has 0 saturated heterocycles. The molecule has 0 aliphatic heterocycles. The molecule has 2 nitrogen and oxygen atoms in total. The molecule has 3 heteroatoms. The highest BCUT2D eigenvalue weighted by Gasteiger charge is 1.91. The molecular weight excluding hydrogens is 158 g/mol. The Morgan fingerprint density at radius 2 is 2.09 bits per heavy atom. The highest BCUT2D eigenvalue weighted by molar-refractivity contribution is 7.84. The zero-order valence-corrected chi connectivity index (χ0v) is 7.89. The monoisotopic (exact) mass is 171 g/mol. The number of aromatic nitrogens is 1. The average molecular weight is 171 g/mol. The van der Waals surface area contributed by atoms with Crippen molar-refractivity contribution in [1.29, 1.82) is 0 Å². The van der Waals surface area contributed by atoms with Crippen molar-refractivity contribution in [1.82, 2.24) is 4.98 Å². The summed E-state index contributed by atoms with van der Waals surface area (Å²) in [6, 6.07) is 3.57. The van der Waals surface area contributed by atoms with E-state index in [-0.39, 0.29) is 0 Å². The molecule has 0 N–H and O–H groups in total. The van der Waals surface area contributed by atoms with E-state index in [1.54, 1.807) is 30.8 Å². The maximum absolute atomic E-state index is 10.7. The van der Waals surface area contributed by atoms with E-state index in [0.717, 1.165) is 4.90 Å². The Morgan fingerprint density at radius 3 is 2.36 bits per heavy atom. The fraction of sp³-hybridized carbons (Fsp3) is 0.375. The van der Waals surface area contributed by atoms with Crippen LogP contribution in [-0.4, -0.2) is 15.4 Å². The van der Waals surface area contributed by atoms with Gasteiger partial charge in [0, 0.05) is 18.6 Å². The molecule has 0 fully saturated rings. The van der Waals surface area contributed by atoms with Crippen molar-refractivity contribution in [2.45, 2.75) is 18.7 Å². The third-order valence-electron chi connectivity index (χ3n) is 0.966. The van der Waals surface area contributed by atoms with E-state index >= 15 is 0 Å². The Bertz CT molecular complexity index is 211. The van der Waals surface area contributed by atoms with Crippen LogP contribution < -0.4 is 0 Å². The second kappa shape index (κ2) is 6.04. The minimum Gasteiger partial charge on any atom is -0.263 e. The predicted molar refractivity (Wildman–Crippen MR) is 47.9 cm³/mol. The lowest BCUT2D eigenvalue weighted by Crippen LogP contribution is -1.85. The molecule has 62 valence electrons. The highest BCUT2D eigenvalue weighted by Crippen LogP contribution is 1.98. The van der Waals surface area contributed by atoms with Crippen LogP contribution in [0.1, 0.15) is 13.8 Å². The lowest BCUT2D eigenvalue weighted by Gasteiger charge is -1.90. The molecule has 0 aliphatic rings. The maximum atomic E-state index is 10.7. The van der Waals surface area contributed by atoms with Crippen molar-refractivity contribution < 1.29 is 4.21 Å². The second-order valence-corrected chi connectivity index (χ2v) is 3.02. The van der Waals surface area contributed by atoms with Crippen molar-refractivity contribution in [3.8, 4) is 0 Å². The standard InChI is InChI=1S/C6H7NOS.C2H6/c1-9(8)6-3-2-4-7-5-6;1-2/h2-5H,1H3;1-2H3. The van der Waals surface area contributed by atoms with Crippen molar-refractivity contribution >= 4 is 10.8 Å². The molecule has 1 unspecified atom stereocenters. The van der Waals surface area contributed by atoms with Crippen molar-refractivity contribution in [2.75, 3.05) is 6.26 Å². The van der Waals surface area contributed by atoms with Crippen LogP contribution in [0.25, 0.3) is 0 Å². The minimum atomic E-state index is -0.891. The van der Waals surface area contributed by atoms with Gasteiger partial charge in [-0.1, -0.05) is 13.8 Å². The molecule has 0 radical (unpaired) electrons. The van der Waals surface area contributed by atoms with Gasteiger partial charge in [0.15, 0.2) is 0 Å². The SMILES string of the molecule is CC.CS(=O)c1cccnc1. The molecule has 1 aromatic heterocycles. The smallest absolute Gasteiger partial charge is 0.0568 e. The van der Waals surface area contributed by atoms with E-state index in [0.29, 0.717) is 0 Å². The zero-order valence-electron chi connectivity index (χ0n) is 7.07. The Morgan fingerprint density at radius 1 is 1.45 bits per heavy atom. The largest absolute Gasteiger partial charge is 0.263 e. The number of hydrogen-bond acceptors (Lipinski definition) is 2. The number of hydrogen-bond donors (Lipinski definition) is 0. The summed E-state index contributed by atoms with van der Waals surface area (Å²) in [6.07, 6.45) is 4.91. The number of nitrogens with zero attached hydrogens (tertiary/aromatic N) is 1. The van der Waals surface area contributed by atoms with Gasteiger partial charge in [0.1, 0.15) is 0 Å². The van der Waals surface area contributed by atoms with Crippen LogP contribution in [-0.2, 0) is 10.8 Å². The molecule has 11 heavy (non-hydrogen) atoms. The van der Waals surface area contributed by atoms with Crippen LogP contribution in [0.3, 0.4) is 0 Å². The van der Waals surface area contributed by atoms with Gasteiger partial charge >= 0.3 is 0 Å². The van der Waals surface area contributed by atoms with Gasteiger partial charge in [0.05, 0.1) is 15.7 Å². The first-order chi connectivity index (χ1) is 5.30. The first-order valence-electron chi connectivity index (χ1n) is 3.54. The molecule has 0 saturated carbocycles. The van der Waals surface area contributed by atoms with Gasteiger partial charge in [0.2, 0.25) is 0 Å². The first kappa shape index (κ1) is 10.3. The van der Waals surface area contributed by atoms with Crippen LogP contribution in [0.5, 0.6) is 0 Å². The Balaban J connectivity index is 0.000000461. The lowest BCUT2D eigenvalue weighted by atomic mass is 10.5. The predicted octanol–water partition coefficient (Wildman–Crippen LogP) is 1.85. The molecule has 1 aromatic rings. The normalized spacial score (nSPS) is 11.2. The van der Waals surface area contributed by atoms with Crippen LogP contribution in [0.2, 0.25) is 0 Å². The van der Waals surface area contributed by atoms with Gasteiger partial charge < -0.3 is 0 Å². The lowest BCUT2D eigenvalue weighted by molar-refractivity contribution is 0.686. The average Bonchev–Trinajstić information content (AvgIpc) is 2.10. The molecule has 0 amide bonds. The molecule has 0 bridgehead atoms. The Kier molecular flexibility index (Phi) is 5.65. The summed E-state index contributed by atoms with van der Waals surface area (Å²) < 4.78 is 10.7. The van der Waals surface area contributed by atoms with E-state index in [4.69, 9.17) is 0 Å². The summed E-state index contributed by atoms with van der Waals surface area (Å²) in [6.45, 7) is 4.00. The van der Waals surface area contributed by atoms with E-state index < -0.39 is 10.8 Å². The molecular formula is C8H13NOS. The molecule has 0 aromatic carbocycles. The summed E-state index contributed by atoms with van der Waals surface area (Å²) in [4.78, 5) is 4.59. The van der Waals surface area contributed by atoms with Crippen molar-refractivity contribution in [3.63, 3.8) is 0 Å². The Labute approximate surface area is 70.1 Å². The van der Waals surface area contributed by atoms with Crippen molar-refractivity contribution in [3.05, 3.63) is 24.5 Å². The Hall–Kier alpha value is -0.700. The van der Waals surface area contributed by atoms with Crippen LogP contribution in [0.15, 0.2) is 29.4 Å². The van der Waals surface area contributed by atoms with Crippen LogP contribution in [0.4, 0.5) is 0 Å². The number of rotatable bonds is 1. The molecule has 1 heterocycles. The fourth-order valence-electron chi connectivity index (χ4n) is 0.517. The van der Waals surface area contributed by atoms with E-state index in [1.807, 2.05) is 13.8 Å². The second-order valence-electron chi connectivity index (χ2n) is 1.64. The van der Waals surface area contributed by atoms with Gasteiger partial charge in [-0.25, -0.2) is 0 Å². The third-order valence-corrected chi connectivity index (χ3v) is 1.87. The van der Waals surface area contributed by atoms with Gasteiger partial charge in [0.25, 0.3) is 0 Å². The molecule has 1 rings (SSSR count). The third kappa shape index (κ3) is 3.88. The summed E-state index contributed by atoms with van der Waals surface area (Å²) in [5, 5.41) is 0. The minimum absolute atomic E-state index is 0.775.